The maximum absolute atomic E-state index is 5.35. The smallest absolute Gasteiger partial charge is 0.183 e. The molecular formula is C22H39N3OS. The minimum Gasteiger partial charge on any atom is -0.501 e. The van der Waals surface area contributed by atoms with E-state index < -0.39 is 0 Å². The Labute approximate surface area is 171 Å². The molecule has 1 N–H and O–H groups in total. The van der Waals surface area contributed by atoms with E-state index in [1.807, 2.05) is 45.2 Å². The number of hydrogen-bond donors (Lipinski definition) is 1. The van der Waals surface area contributed by atoms with E-state index in [0.717, 1.165) is 23.0 Å². The number of thiazole rings is 1. The number of methoxy groups -OCH3 is 1. The molecule has 1 aromatic heterocycles. The lowest BCUT2D eigenvalue weighted by Crippen LogP contribution is -2.09. The summed E-state index contributed by atoms with van der Waals surface area (Å²) in [5.41, 5.74) is 0.880. The van der Waals surface area contributed by atoms with E-state index in [9.17, 15) is 0 Å². The summed E-state index contributed by atoms with van der Waals surface area (Å²) in [7, 11) is 1.69. The van der Waals surface area contributed by atoms with Crippen LogP contribution in [0.1, 0.15) is 60.6 Å². The number of aliphatic imine (C=N–C) groups is 1. The van der Waals surface area contributed by atoms with E-state index in [4.69, 9.17) is 4.74 Å². The predicted molar refractivity (Wildman–Crippen MR) is 124 cm³/mol. The maximum Gasteiger partial charge on any atom is 0.183 e. The normalized spacial score (nSPS) is 12.3. The standard InChI is InChI=1S/C18H27N3OS.2C2H6/c1-6-15(4)8-7-9-17(22-5)10-11-19-12-16-13-23-18(21-16)20-14(2)3;2*1-2/h6-8,10,12-15H,1,9,11H2,2-5H3,(H,20,21);2*1-2H3/b8-7-,17-10+,19-12?;;. The van der Waals surface area contributed by atoms with Crippen LogP contribution in [-0.4, -0.2) is 30.9 Å². The summed E-state index contributed by atoms with van der Waals surface area (Å²) in [6, 6.07) is 0.384. The lowest BCUT2D eigenvalue weighted by atomic mass is 10.1. The molecule has 0 fully saturated rings. The van der Waals surface area contributed by atoms with E-state index in [1.54, 1.807) is 24.7 Å². The number of rotatable bonds is 10. The molecule has 1 unspecified atom stereocenters. The molecule has 0 aromatic carbocycles. The van der Waals surface area contributed by atoms with Crippen LogP contribution in [-0.2, 0) is 4.74 Å². The summed E-state index contributed by atoms with van der Waals surface area (Å²) in [6.45, 7) is 18.6. The van der Waals surface area contributed by atoms with Crippen LogP contribution >= 0.6 is 11.3 Å². The molecule has 0 saturated carbocycles. The molecule has 154 valence electrons. The zero-order valence-corrected chi connectivity index (χ0v) is 19.3. The second-order valence-electron chi connectivity index (χ2n) is 5.47. The topological polar surface area (TPSA) is 46.5 Å². The fourth-order valence-electron chi connectivity index (χ4n) is 1.69. The summed E-state index contributed by atoms with van der Waals surface area (Å²) in [5.74, 6) is 1.29. The van der Waals surface area contributed by atoms with E-state index in [1.165, 1.54) is 0 Å². The largest absolute Gasteiger partial charge is 0.501 e. The van der Waals surface area contributed by atoms with Gasteiger partial charge in [-0.3, -0.25) is 4.99 Å². The van der Waals surface area contributed by atoms with Crippen LogP contribution in [0.3, 0.4) is 0 Å². The third-order valence-corrected chi connectivity index (χ3v) is 3.77. The first kappa shape index (κ1) is 27.3. The van der Waals surface area contributed by atoms with Crippen LogP contribution < -0.4 is 5.32 Å². The molecule has 1 atom stereocenters. The third kappa shape index (κ3) is 14.9. The number of nitrogens with zero attached hydrogens (tertiary/aromatic N) is 2. The van der Waals surface area contributed by atoms with Gasteiger partial charge in [-0.25, -0.2) is 4.98 Å². The van der Waals surface area contributed by atoms with Crippen LogP contribution in [0.4, 0.5) is 5.13 Å². The Hall–Kier alpha value is -1.88. The van der Waals surface area contributed by atoms with Gasteiger partial charge in [0, 0.05) is 24.1 Å². The molecule has 1 heterocycles. The quantitative estimate of drug-likeness (QED) is 0.272. The molecule has 5 heteroatoms. The van der Waals surface area contributed by atoms with Gasteiger partial charge in [-0.15, -0.1) is 17.9 Å². The molecule has 1 aromatic rings. The molecule has 0 radical (unpaired) electrons. The first-order valence-corrected chi connectivity index (χ1v) is 10.7. The summed E-state index contributed by atoms with van der Waals surface area (Å²) in [5, 5.41) is 6.20. The Bertz CT molecular complexity index is 560. The number of allylic oxidation sites excluding steroid dienone is 3. The van der Waals surface area contributed by atoms with E-state index in [0.29, 0.717) is 18.5 Å². The molecule has 0 saturated heterocycles. The summed E-state index contributed by atoms with van der Waals surface area (Å²) in [4.78, 5) is 8.83. The number of hydrogen-bond acceptors (Lipinski definition) is 5. The highest BCUT2D eigenvalue weighted by atomic mass is 32.1. The molecule has 1 rings (SSSR count). The molecule has 0 bridgehead atoms. The fourth-order valence-corrected chi connectivity index (χ4v) is 2.49. The van der Waals surface area contributed by atoms with Gasteiger partial charge in [0.1, 0.15) is 0 Å². The zero-order valence-electron chi connectivity index (χ0n) is 18.5. The van der Waals surface area contributed by atoms with Gasteiger partial charge in [0.15, 0.2) is 5.13 Å². The minimum absolute atomic E-state index is 0.379. The fraction of sp³-hybridized carbons (Fsp3) is 0.545. The first-order valence-electron chi connectivity index (χ1n) is 9.79. The van der Waals surface area contributed by atoms with Gasteiger partial charge in [0.25, 0.3) is 0 Å². The van der Waals surface area contributed by atoms with Crippen molar-refractivity contribution in [3.8, 4) is 0 Å². The van der Waals surface area contributed by atoms with Crippen molar-refractivity contribution in [2.75, 3.05) is 19.0 Å². The second-order valence-corrected chi connectivity index (χ2v) is 6.33. The van der Waals surface area contributed by atoms with Crippen molar-refractivity contribution in [1.82, 2.24) is 4.98 Å². The Morgan fingerprint density at radius 2 is 1.96 bits per heavy atom. The van der Waals surface area contributed by atoms with Crippen molar-refractivity contribution in [2.45, 2.75) is 60.9 Å². The summed E-state index contributed by atoms with van der Waals surface area (Å²) >= 11 is 1.59. The highest BCUT2D eigenvalue weighted by Crippen LogP contribution is 2.15. The highest BCUT2D eigenvalue weighted by molar-refractivity contribution is 7.13. The average molecular weight is 394 g/mol. The van der Waals surface area contributed by atoms with Gasteiger partial charge in [0.2, 0.25) is 0 Å². The zero-order chi connectivity index (χ0) is 21.1. The maximum atomic E-state index is 5.35. The highest BCUT2D eigenvalue weighted by Gasteiger charge is 2.00. The Morgan fingerprint density at radius 3 is 2.52 bits per heavy atom. The van der Waals surface area contributed by atoms with E-state index in [2.05, 4.69) is 54.8 Å². The van der Waals surface area contributed by atoms with Crippen molar-refractivity contribution in [3.05, 3.63) is 47.7 Å². The van der Waals surface area contributed by atoms with Gasteiger partial charge in [-0.05, 0) is 25.8 Å². The summed E-state index contributed by atoms with van der Waals surface area (Å²) in [6.07, 6.45) is 10.7. The van der Waals surface area contributed by atoms with Crippen LogP contribution in [0.15, 0.2) is 47.0 Å². The van der Waals surface area contributed by atoms with Crippen LogP contribution in [0.2, 0.25) is 0 Å². The predicted octanol–water partition coefficient (Wildman–Crippen LogP) is 6.73. The number of aromatic nitrogens is 1. The van der Waals surface area contributed by atoms with Crippen molar-refractivity contribution >= 4 is 22.7 Å². The molecule has 0 spiro atoms. The van der Waals surface area contributed by atoms with Gasteiger partial charge in [-0.1, -0.05) is 52.8 Å². The lowest BCUT2D eigenvalue weighted by Gasteiger charge is -2.03. The summed E-state index contributed by atoms with van der Waals surface area (Å²) < 4.78 is 5.35. The van der Waals surface area contributed by atoms with E-state index in [-0.39, 0.29) is 0 Å². The van der Waals surface area contributed by atoms with Crippen LogP contribution in [0, 0.1) is 5.92 Å². The average Bonchev–Trinajstić information content (AvgIpc) is 3.13. The second kappa shape index (κ2) is 18.9. The molecule has 0 aliphatic heterocycles. The Morgan fingerprint density at radius 1 is 1.30 bits per heavy atom. The van der Waals surface area contributed by atoms with Gasteiger partial charge >= 0.3 is 0 Å². The molecule has 27 heavy (non-hydrogen) atoms. The van der Waals surface area contributed by atoms with Crippen molar-refractivity contribution < 1.29 is 4.74 Å². The van der Waals surface area contributed by atoms with Crippen molar-refractivity contribution in [3.63, 3.8) is 0 Å². The minimum atomic E-state index is 0.379. The number of anilines is 1. The Kier molecular flexibility index (Phi) is 19.1. The van der Waals surface area contributed by atoms with Crippen molar-refractivity contribution in [2.24, 2.45) is 10.9 Å². The van der Waals surface area contributed by atoms with Crippen molar-refractivity contribution in [1.29, 1.82) is 0 Å². The Balaban J connectivity index is 0. The number of nitrogens with one attached hydrogen (secondary N) is 1. The molecule has 4 nitrogen and oxygen atoms in total. The first-order chi connectivity index (χ1) is 13.0. The van der Waals surface area contributed by atoms with Gasteiger partial charge < -0.3 is 10.1 Å². The van der Waals surface area contributed by atoms with Crippen LogP contribution in [0.25, 0.3) is 0 Å². The molecular weight excluding hydrogens is 354 g/mol. The SMILES string of the molecule is C=CC(C)/C=C\C/C(=C\CN=Cc1csc(NC(C)C)n1)OC.CC.CC. The van der Waals surface area contributed by atoms with E-state index >= 15 is 0 Å². The monoisotopic (exact) mass is 393 g/mol. The molecule has 0 aliphatic rings. The lowest BCUT2D eigenvalue weighted by molar-refractivity contribution is 0.283. The van der Waals surface area contributed by atoms with Crippen LogP contribution in [0.5, 0.6) is 0 Å². The van der Waals surface area contributed by atoms with Gasteiger partial charge in [0.05, 0.1) is 25.1 Å². The van der Waals surface area contributed by atoms with Gasteiger partial charge in [-0.2, -0.15) is 0 Å². The number of ether oxygens (including phenoxy) is 1. The molecule has 0 aliphatic carbocycles. The molecule has 0 amide bonds. The third-order valence-electron chi connectivity index (χ3n) is 2.97.